The third-order valence-electron chi connectivity index (χ3n) is 7.42. The Morgan fingerprint density at radius 2 is 1.84 bits per heavy atom. The summed E-state index contributed by atoms with van der Waals surface area (Å²) in [7, 11) is 0. The zero-order chi connectivity index (χ0) is 31.1. The van der Waals surface area contributed by atoms with E-state index in [0.29, 0.717) is 34.7 Å². The van der Waals surface area contributed by atoms with Crippen LogP contribution in [0.1, 0.15) is 56.6 Å². The first-order valence-electron chi connectivity index (χ1n) is 13.3. The van der Waals surface area contributed by atoms with Gasteiger partial charge in [-0.1, -0.05) is 12.1 Å². The Kier molecular flexibility index (Phi) is 8.00. The van der Waals surface area contributed by atoms with Crippen LogP contribution in [0.2, 0.25) is 0 Å². The number of aryl methyl sites for hydroxylation is 1. The molecule has 3 N–H and O–H groups in total. The van der Waals surface area contributed by atoms with Crippen molar-refractivity contribution >= 4 is 11.8 Å². The van der Waals surface area contributed by atoms with Crippen molar-refractivity contribution in [3.63, 3.8) is 0 Å². The lowest BCUT2D eigenvalue weighted by Crippen LogP contribution is -2.35. The van der Waals surface area contributed by atoms with E-state index in [1.165, 1.54) is 25.3 Å². The maximum atomic E-state index is 14.4. The van der Waals surface area contributed by atoms with Crippen LogP contribution < -0.4 is 11.1 Å². The summed E-state index contributed by atoms with van der Waals surface area (Å²) >= 11 is 0. The van der Waals surface area contributed by atoms with Gasteiger partial charge in [0.1, 0.15) is 29.7 Å². The quantitative estimate of drug-likeness (QED) is 0.265. The number of carbonyl (C=O) groups is 2. The topological polar surface area (TPSA) is 103 Å². The molecule has 0 bridgehead atoms. The fourth-order valence-corrected chi connectivity index (χ4v) is 5.42. The molecule has 1 aliphatic rings. The average Bonchev–Trinajstić information content (AvgIpc) is 3.51. The molecular weight excluding hydrogens is 576 g/mol. The summed E-state index contributed by atoms with van der Waals surface area (Å²) in [6.45, 7) is 0.641. The third kappa shape index (κ3) is 6.11. The van der Waals surface area contributed by atoms with E-state index >= 15 is 0 Å². The molecule has 2 amide bonds. The van der Waals surface area contributed by atoms with Crippen molar-refractivity contribution < 1.29 is 35.9 Å². The van der Waals surface area contributed by atoms with Crippen molar-refractivity contribution in [2.45, 2.75) is 51.4 Å². The van der Waals surface area contributed by atoms with Crippen LogP contribution >= 0.6 is 0 Å². The number of halogens is 6. The van der Waals surface area contributed by atoms with Crippen LogP contribution in [0.4, 0.5) is 26.3 Å². The first-order valence-corrected chi connectivity index (χ1v) is 13.3. The van der Waals surface area contributed by atoms with Gasteiger partial charge in [-0.05, 0) is 73.6 Å². The molecule has 1 atom stereocenters. The summed E-state index contributed by atoms with van der Waals surface area (Å²) < 4.78 is 85.3. The van der Waals surface area contributed by atoms with Crippen LogP contribution in [0, 0.1) is 24.4 Å². The minimum atomic E-state index is -4.74. The number of alkyl halides is 3. The Balaban J connectivity index is 1.55. The Hall–Kier alpha value is -4.68. The number of pyridine rings is 1. The Morgan fingerprint density at radius 1 is 1.07 bits per heavy atom. The number of nitrogens with zero attached hydrogens (tertiary/aromatic N) is 3. The van der Waals surface area contributed by atoms with Gasteiger partial charge >= 0.3 is 6.18 Å². The van der Waals surface area contributed by atoms with Gasteiger partial charge in [0, 0.05) is 23.4 Å². The molecule has 2 aromatic heterocycles. The molecule has 13 heteroatoms. The van der Waals surface area contributed by atoms with E-state index in [-0.39, 0.29) is 40.9 Å². The van der Waals surface area contributed by atoms with Gasteiger partial charge in [0.05, 0.1) is 23.0 Å². The van der Waals surface area contributed by atoms with Gasteiger partial charge in [0.25, 0.3) is 5.91 Å². The maximum absolute atomic E-state index is 14.4. The molecule has 0 aliphatic heterocycles. The van der Waals surface area contributed by atoms with Gasteiger partial charge < -0.3 is 11.1 Å². The fourth-order valence-electron chi connectivity index (χ4n) is 5.42. The van der Waals surface area contributed by atoms with E-state index in [1.807, 2.05) is 0 Å². The van der Waals surface area contributed by atoms with Gasteiger partial charge in [-0.15, -0.1) is 0 Å². The fraction of sp³-hybridized carbons (Fsp3) is 0.267. The van der Waals surface area contributed by atoms with E-state index in [1.54, 1.807) is 12.1 Å². The average molecular weight is 602 g/mol. The Morgan fingerprint density at radius 3 is 2.56 bits per heavy atom. The maximum Gasteiger partial charge on any atom is 0.433 e. The predicted octanol–water partition coefficient (Wildman–Crippen LogP) is 5.38. The van der Waals surface area contributed by atoms with E-state index in [9.17, 15) is 35.9 Å². The molecule has 43 heavy (non-hydrogen) atoms. The number of fused-ring (bicyclic) bond motifs is 1. The van der Waals surface area contributed by atoms with Crippen LogP contribution in [0.25, 0.3) is 11.1 Å². The molecule has 0 fully saturated rings. The van der Waals surface area contributed by atoms with Crippen molar-refractivity contribution in [2.24, 2.45) is 5.73 Å². The van der Waals surface area contributed by atoms with Crippen LogP contribution in [0.5, 0.6) is 0 Å². The number of rotatable bonds is 8. The van der Waals surface area contributed by atoms with E-state index in [0.717, 1.165) is 12.1 Å². The second kappa shape index (κ2) is 11.5. The van der Waals surface area contributed by atoms with E-state index in [2.05, 4.69) is 15.4 Å². The summed E-state index contributed by atoms with van der Waals surface area (Å²) in [5.41, 5.74) is 5.30. The van der Waals surface area contributed by atoms with Crippen molar-refractivity contribution in [3.8, 4) is 11.1 Å². The molecule has 2 aromatic carbocycles. The summed E-state index contributed by atoms with van der Waals surface area (Å²) in [4.78, 5) is 29.5. The number of nitrogens with two attached hydrogens (primary N) is 1. The molecule has 4 aromatic rings. The van der Waals surface area contributed by atoms with Crippen molar-refractivity contribution in [1.29, 1.82) is 0 Å². The molecule has 224 valence electrons. The van der Waals surface area contributed by atoms with E-state index < -0.39 is 59.3 Å². The zero-order valence-electron chi connectivity index (χ0n) is 22.7. The first kappa shape index (κ1) is 29.8. The van der Waals surface area contributed by atoms with E-state index in [4.69, 9.17) is 5.73 Å². The summed E-state index contributed by atoms with van der Waals surface area (Å²) in [5.74, 6) is -4.43. The number of benzene rings is 2. The van der Waals surface area contributed by atoms with Gasteiger partial charge in [-0.2, -0.15) is 18.3 Å². The van der Waals surface area contributed by atoms with Crippen molar-refractivity contribution in [3.05, 3.63) is 105 Å². The number of aromatic nitrogens is 3. The van der Waals surface area contributed by atoms with Crippen LogP contribution in [0.3, 0.4) is 0 Å². The summed E-state index contributed by atoms with van der Waals surface area (Å²) in [5, 5.41) is 6.70. The lowest BCUT2D eigenvalue weighted by molar-refractivity contribution is -0.145. The van der Waals surface area contributed by atoms with Crippen LogP contribution in [-0.2, 0) is 36.8 Å². The normalized spacial score (nSPS) is 13.6. The number of hydrogen-bond donors (Lipinski definition) is 2. The molecule has 1 aliphatic carbocycles. The molecule has 0 spiro atoms. The number of amides is 2. The summed E-state index contributed by atoms with van der Waals surface area (Å²) in [6, 6.07) is 7.36. The lowest BCUT2D eigenvalue weighted by Gasteiger charge is -2.23. The largest absolute Gasteiger partial charge is 0.433 e. The molecule has 0 radical (unpaired) electrons. The van der Waals surface area contributed by atoms with Gasteiger partial charge in [-0.3, -0.25) is 19.3 Å². The molecule has 5 rings (SSSR count). The van der Waals surface area contributed by atoms with Crippen LogP contribution in [0.15, 0.2) is 48.7 Å². The highest BCUT2D eigenvalue weighted by Crippen LogP contribution is 2.37. The standard InChI is InChI=1S/C30H25F6N5O2/c1-15-17(10-18(31)13-23(15)33)12-25(27-19(5-3-9-38-27)16-7-8-22(32)21(11-16)29(37)43)39-26(42)14-41-28(30(34,35)36)20-4-2-6-24(20)40-41/h3,5,7-11,13,25H,2,4,6,12,14H2,1H3,(H2,37,43)(H,39,42)/t25-/m0/s1. The Labute approximate surface area is 241 Å². The number of nitrogens with one attached hydrogen (secondary N) is 1. The third-order valence-corrected chi connectivity index (χ3v) is 7.42. The lowest BCUT2D eigenvalue weighted by atomic mass is 9.93. The van der Waals surface area contributed by atoms with Gasteiger partial charge in [0.15, 0.2) is 0 Å². The highest BCUT2D eigenvalue weighted by atomic mass is 19.4. The minimum Gasteiger partial charge on any atom is -0.366 e. The predicted molar refractivity (Wildman–Crippen MR) is 143 cm³/mol. The molecule has 0 saturated carbocycles. The molecule has 7 nitrogen and oxygen atoms in total. The highest BCUT2D eigenvalue weighted by molar-refractivity contribution is 5.94. The highest BCUT2D eigenvalue weighted by Gasteiger charge is 2.41. The van der Waals surface area contributed by atoms with Crippen molar-refractivity contribution in [1.82, 2.24) is 20.1 Å². The molecule has 0 unspecified atom stereocenters. The second-order valence-electron chi connectivity index (χ2n) is 10.3. The first-order chi connectivity index (χ1) is 20.3. The SMILES string of the molecule is Cc1c(F)cc(F)cc1C[C@H](NC(=O)Cn1nc2c(c1C(F)(F)F)CCC2)c1ncccc1-c1ccc(F)c(C(N)=O)c1. The Bertz CT molecular complexity index is 1730. The number of primary amides is 1. The van der Waals surface area contributed by atoms with Gasteiger partial charge in [-0.25, -0.2) is 13.2 Å². The number of hydrogen-bond acceptors (Lipinski definition) is 4. The zero-order valence-corrected chi connectivity index (χ0v) is 22.7. The van der Waals surface area contributed by atoms with Crippen molar-refractivity contribution in [2.75, 3.05) is 0 Å². The summed E-state index contributed by atoms with van der Waals surface area (Å²) in [6.07, 6.45) is -2.47. The van der Waals surface area contributed by atoms with Gasteiger partial charge in [0.2, 0.25) is 5.91 Å². The second-order valence-corrected chi connectivity index (χ2v) is 10.3. The molecular formula is C30H25F6N5O2. The number of carbonyl (C=O) groups excluding carboxylic acids is 2. The monoisotopic (exact) mass is 601 g/mol. The molecule has 2 heterocycles. The van der Waals surface area contributed by atoms with Crippen LogP contribution in [-0.4, -0.2) is 26.6 Å². The minimum absolute atomic E-state index is 0.0660. The smallest absolute Gasteiger partial charge is 0.366 e. The molecule has 0 saturated heterocycles.